The van der Waals surface area contributed by atoms with Crippen molar-refractivity contribution in [3.63, 3.8) is 0 Å². The van der Waals surface area contributed by atoms with Gasteiger partial charge in [-0.1, -0.05) is 42.5 Å². The van der Waals surface area contributed by atoms with Gasteiger partial charge in [0.1, 0.15) is 12.2 Å². The van der Waals surface area contributed by atoms with Gasteiger partial charge in [0.25, 0.3) is 5.91 Å². The lowest BCUT2D eigenvalue weighted by Gasteiger charge is -2.29. The van der Waals surface area contributed by atoms with Crippen molar-refractivity contribution in [2.75, 3.05) is 6.54 Å². The molecule has 7 nitrogen and oxygen atoms in total. The van der Waals surface area contributed by atoms with Crippen LogP contribution in [-0.4, -0.2) is 50.4 Å². The van der Waals surface area contributed by atoms with E-state index in [1.807, 2.05) is 0 Å². The number of urea groups is 1. The molecule has 3 amide bonds. The van der Waals surface area contributed by atoms with E-state index >= 15 is 0 Å². The van der Waals surface area contributed by atoms with Crippen LogP contribution in [0.4, 0.5) is 4.79 Å². The van der Waals surface area contributed by atoms with Crippen LogP contribution >= 0.6 is 23.2 Å². The number of fused-ring (bicyclic) bond motifs is 1. The molecule has 2 N–H and O–H groups in total. The third kappa shape index (κ3) is 3.22. The number of halogens is 2. The number of carbonyl (C=O) groups excluding carboxylic acids is 2. The highest BCUT2D eigenvalue weighted by Crippen LogP contribution is 2.34. The molecule has 2 aliphatic rings. The van der Waals surface area contributed by atoms with Crippen LogP contribution in [0.1, 0.15) is 48.2 Å². The maximum Gasteiger partial charge on any atom is 0.352 e. The van der Waals surface area contributed by atoms with Crippen LogP contribution in [0.15, 0.2) is 12.1 Å². The van der Waals surface area contributed by atoms with Crippen LogP contribution in [0.25, 0.3) is 10.9 Å². The molecule has 1 saturated heterocycles. The molecule has 2 fully saturated rings. The Morgan fingerprint density at radius 3 is 2.57 bits per heavy atom. The lowest BCUT2D eigenvalue weighted by Crippen LogP contribution is -2.42. The highest BCUT2D eigenvalue weighted by molar-refractivity contribution is 6.39. The normalized spacial score (nSPS) is 18.5. The number of amides is 3. The molecule has 1 aromatic carbocycles. The summed E-state index contributed by atoms with van der Waals surface area (Å²) in [6.45, 7) is -0.0803. The summed E-state index contributed by atoms with van der Waals surface area (Å²) in [5.41, 5.74) is 0.790. The highest BCUT2D eigenvalue weighted by atomic mass is 35.5. The Morgan fingerprint density at radius 2 is 1.89 bits per heavy atom. The molecule has 1 aromatic heterocycles. The SMILES string of the molecule is O=C(O)c1[nH]c2cc(Cl)cc(Cl)c2c1CN1CC(=O)N(C2CCCCC2)C1=O. The Kier molecular flexibility index (Phi) is 4.97. The Hall–Kier alpha value is -2.25. The van der Waals surface area contributed by atoms with Gasteiger partial charge in [0, 0.05) is 27.5 Å². The average Bonchev–Trinajstić information content (AvgIpc) is 3.13. The van der Waals surface area contributed by atoms with E-state index < -0.39 is 5.97 Å². The number of nitrogens with zero attached hydrogens (tertiary/aromatic N) is 2. The molecule has 9 heteroatoms. The second kappa shape index (κ2) is 7.29. The molecular weight excluding hydrogens is 405 g/mol. The lowest BCUT2D eigenvalue weighted by molar-refractivity contribution is -0.127. The average molecular weight is 424 g/mol. The monoisotopic (exact) mass is 423 g/mol. The minimum atomic E-state index is -1.17. The van der Waals surface area contributed by atoms with Gasteiger partial charge >= 0.3 is 12.0 Å². The number of carboxylic acids is 1. The number of benzene rings is 1. The molecule has 2 heterocycles. The molecule has 28 heavy (non-hydrogen) atoms. The van der Waals surface area contributed by atoms with Crippen molar-refractivity contribution >= 4 is 52.0 Å². The summed E-state index contributed by atoms with van der Waals surface area (Å²) in [5.74, 6) is -1.40. The molecule has 148 valence electrons. The fourth-order valence-electron chi connectivity index (χ4n) is 4.23. The van der Waals surface area contributed by atoms with E-state index in [0.717, 1.165) is 32.1 Å². The molecule has 1 aliphatic heterocycles. The zero-order valence-corrected chi connectivity index (χ0v) is 16.5. The van der Waals surface area contributed by atoms with Gasteiger partial charge in [0.2, 0.25) is 0 Å². The molecule has 4 rings (SSSR count). The van der Waals surface area contributed by atoms with Gasteiger partial charge < -0.3 is 15.0 Å². The third-order valence-corrected chi connectivity index (χ3v) is 6.01. The summed E-state index contributed by atoms with van der Waals surface area (Å²) in [7, 11) is 0. The number of aromatic nitrogens is 1. The molecule has 0 radical (unpaired) electrons. The summed E-state index contributed by atoms with van der Waals surface area (Å²) in [6.07, 6.45) is 4.77. The number of rotatable bonds is 4. The quantitative estimate of drug-likeness (QED) is 0.717. The molecule has 2 aromatic rings. The van der Waals surface area contributed by atoms with E-state index in [-0.39, 0.29) is 36.8 Å². The number of carbonyl (C=O) groups is 3. The van der Waals surface area contributed by atoms with Gasteiger partial charge in [0.15, 0.2) is 0 Å². The minimum Gasteiger partial charge on any atom is -0.477 e. The molecule has 1 saturated carbocycles. The summed E-state index contributed by atoms with van der Waals surface area (Å²) in [6, 6.07) is 2.68. The van der Waals surface area contributed by atoms with Crippen LogP contribution in [0.2, 0.25) is 10.0 Å². The molecule has 1 aliphatic carbocycles. The number of imide groups is 1. The van der Waals surface area contributed by atoms with Gasteiger partial charge in [0.05, 0.1) is 11.6 Å². The maximum atomic E-state index is 12.9. The van der Waals surface area contributed by atoms with E-state index in [4.69, 9.17) is 23.2 Å². The van der Waals surface area contributed by atoms with Crippen molar-refractivity contribution in [1.82, 2.24) is 14.8 Å². The van der Waals surface area contributed by atoms with Gasteiger partial charge in [-0.05, 0) is 25.0 Å². The predicted octanol–water partition coefficient (Wildman–Crippen LogP) is 4.27. The van der Waals surface area contributed by atoms with Gasteiger partial charge in [-0.25, -0.2) is 9.59 Å². The Labute approximate surface area is 171 Å². The zero-order chi connectivity index (χ0) is 20.0. The van der Waals surface area contributed by atoms with Crippen molar-refractivity contribution in [3.8, 4) is 0 Å². The number of nitrogens with one attached hydrogen (secondary N) is 1. The van der Waals surface area contributed by atoms with Gasteiger partial charge in [-0.2, -0.15) is 0 Å². The molecule has 0 atom stereocenters. The van der Waals surface area contributed by atoms with Gasteiger partial charge in [-0.3, -0.25) is 9.69 Å². The molecule has 0 bridgehead atoms. The van der Waals surface area contributed by atoms with E-state index in [1.165, 1.54) is 15.9 Å². The van der Waals surface area contributed by atoms with Crippen LogP contribution in [-0.2, 0) is 11.3 Å². The minimum absolute atomic E-state index is 0.0171. The summed E-state index contributed by atoms with van der Waals surface area (Å²) < 4.78 is 0. The topological polar surface area (TPSA) is 93.7 Å². The fourth-order valence-corrected chi connectivity index (χ4v) is 4.84. The van der Waals surface area contributed by atoms with E-state index in [9.17, 15) is 19.5 Å². The van der Waals surface area contributed by atoms with E-state index in [0.29, 0.717) is 26.5 Å². The number of hydrogen-bond acceptors (Lipinski definition) is 3. The first kappa shape index (κ1) is 19.1. The predicted molar refractivity (Wildman–Crippen MR) is 105 cm³/mol. The fraction of sp³-hybridized carbons (Fsp3) is 0.421. The number of H-pyrrole nitrogens is 1. The first-order chi connectivity index (χ1) is 13.4. The van der Waals surface area contributed by atoms with E-state index in [2.05, 4.69) is 4.98 Å². The number of hydrogen-bond donors (Lipinski definition) is 2. The maximum absolute atomic E-state index is 12.9. The Bertz CT molecular complexity index is 981. The molecule has 0 unspecified atom stereocenters. The highest BCUT2D eigenvalue weighted by Gasteiger charge is 2.41. The van der Waals surface area contributed by atoms with Crippen molar-refractivity contribution < 1.29 is 19.5 Å². The summed E-state index contributed by atoms with van der Waals surface area (Å²) in [5, 5.41) is 10.8. The zero-order valence-electron chi connectivity index (χ0n) is 15.0. The van der Waals surface area contributed by atoms with Crippen molar-refractivity contribution in [3.05, 3.63) is 33.4 Å². The number of aromatic carboxylic acids is 1. The van der Waals surface area contributed by atoms with Crippen molar-refractivity contribution in [1.29, 1.82) is 0 Å². The van der Waals surface area contributed by atoms with E-state index in [1.54, 1.807) is 6.07 Å². The molecular formula is C19H19Cl2N3O4. The van der Waals surface area contributed by atoms with Crippen LogP contribution in [0.3, 0.4) is 0 Å². The van der Waals surface area contributed by atoms with Gasteiger partial charge in [-0.15, -0.1) is 0 Å². The number of carboxylic acid groups (broad SMARTS) is 1. The Morgan fingerprint density at radius 1 is 1.18 bits per heavy atom. The second-order valence-corrected chi connectivity index (χ2v) is 8.13. The smallest absolute Gasteiger partial charge is 0.352 e. The van der Waals surface area contributed by atoms with Crippen LogP contribution < -0.4 is 0 Å². The third-order valence-electron chi connectivity index (χ3n) is 5.49. The second-order valence-electron chi connectivity index (χ2n) is 7.29. The lowest BCUT2D eigenvalue weighted by atomic mass is 9.94. The molecule has 0 spiro atoms. The van der Waals surface area contributed by atoms with Crippen LogP contribution in [0.5, 0.6) is 0 Å². The first-order valence-electron chi connectivity index (χ1n) is 9.20. The summed E-state index contributed by atoms with van der Waals surface area (Å²) in [4.78, 5) is 42.7. The van der Waals surface area contributed by atoms with Crippen molar-refractivity contribution in [2.24, 2.45) is 0 Å². The summed E-state index contributed by atoms with van der Waals surface area (Å²) >= 11 is 12.3. The Balaban J connectivity index is 1.68. The first-order valence-corrected chi connectivity index (χ1v) is 9.96. The van der Waals surface area contributed by atoms with Crippen molar-refractivity contribution in [2.45, 2.75) is 44.7 Å². The largest absolute Gasteiger partial charge is 0.477 e. The number of aromatic amines is 1. The standard InChI is InChI=1S/C19H19Cl2N3O4/c20-10-6-13(21)16-12(17(18(26)27)22-14(16)7-10)8-23-9-15(25)24(19(23)28)11-4-2-1-3-5-11/h6-7,11,22H,1-5,8-9H2,(H,26,27). The van der Waals surface area contributed by atoms with Crippen LogP contribution in [0, 0.1) is 0 Å².